The van der Waals surface area contributed by atoms with Crippen molar-refractivity contribution in [2.45, 2.75) is 73.9 Å². The Hall–Kier alpha value is -3.80. The van der Waals surface area contributed by atoms with Crippen LogP contribution in [0.1, 0.15) is 50.2 Å². The first-order chi connectivity index (χ1) is 24.2. The number of nitrogens with one attached hydrogen (secondary N) is 1. The van der Waals surface area contributed by atoms with Crippen LogP contribution in [0.3, 0.4) is 0 Å². The maximum atomic E-state index is 14.9. The van der Waals surface area contributed by atoms with Crippen molar-refractivity contribution in [2.75, 3.05) is 23.7 Å². The summed E-state index contributed by atoms with van der Waals surface area (Å²) in [5.74, 6) is -0.428. The quantitative estimate of drug-likeness (QED) is 0.124. The lowest BCUT2D eigenvalue weighted by Crippen LogP contribution is -2.55. The Balaban J connectivity index is 1.59. The van der Waals surface area contributed by atoms with Crippen LogP contribution in [-0.2, 0) is 32.6 Å². The highest BCUT2D eigenvalue weighted by Crippen LogP contribution is 2.33. The number of carbonyl (C=O) groups excluding carboxylic acids is 2. The fourth-order valence-corrected chi connectivity index (χ4v) is 8.54. The molecule has 0 unspecified atom stereocenters. The number of amides is 2. The number of anilines is 1. The standard InChI is InChI=1S/C39H44BrN3O5S2/c1-3-48-37-20-11-10-19-35(37)43(50(46,47)34-23-21-33(49-2)22-24-34)28-38(44)42(27-30-15-12-16-31(40)25-30)36(26-29-13-6-4-7-14-29)39(45)41-32-17-8-5-9-18-32/h4,6-7,10-16,19-25,32,36H,3,5,8-9,17-18,26-28H2,1-2H3,(H,41,45)/t36-/m1/s1. The molecule has 0 bridgehead atoms. The van der Waals surface area contributed by atoms with Crippen molar-refractivity contribution in [1.82, 2.24) is 10.2 Å². The van der Waals surface area contributed by atoms with Crippen molar-refractivity contribution in [1.29, 1.82) is 0 Å². The zero-order valence-electron chi connectivity index (χ0n) is 28.5. The van der Waals surface area contributed by atoms with Crippen LogP contribution in [0.25, 0.3) is 0 Å². The average Bonchev–Trinajstić information content (AvgIpc) is 3.13. The number of thioether (sulfide) groups is 1. The van der Waals surface area contributed by atoms with Crippen molar-refractivity contribution in [2.24, 2.45) is 0 Å². The van der Waals surface area contributed by atoms with Crippen LogP contribution < -0.4 is 14.4 Å². The molecule has 2 amide bonds. The fourth-order valence-electron chi connectivity index (χ4n) is 6.26. The zero-order chi connectivity index (χ0) is 35.5. The zero-order valence-corrected chi connectivity index (χ0v) is 31.7. The summed E-state index contributed by atoms with van der Waals surface area (Å²) in [6, 6.07) is 29.7. The number of para-hydroxylation sites is 2. The molecule has 1 fully saturated rings. The predicted octanol–water partition coefficient (Wildman–Crippen LogP) is 7.85. The van der Waals surface area contributed by atoms with E-state index in [1.165, 1.54) is 16.7 Å². The van der Waals surface area contributed by atoms with Gasteiger partial charge in [0.25, 0.3) is 10.0 Å². The van der Waals surface area contributed by atoms with Gasteiger partial charge in [-0.25, -0.2) is 8.42 Å². The van der Waals surface area contributed by atoms with Gasteiger partial charge in [0.05, 0.1) is 17.2 Å². The molecule has 50 heavy (non-hydrogen) atoms. The number of hydrogen-bond donors (Lipinski definition) is 1. The number of halogens is 1. The maximum absolute atomic E-state index is 14.9. The molecule has 1 saturated carbocycles. The summed E-state index contributed by atoms with van der Waals surface area (Å²) in [7, 11) is -4.27. The summed E-state index contributed by atoms with van der Waals surface area (Å²) in [5.41, 5.74) is 1.93. The van der Waals surface area contributed by atoms with Gasteiger partial charge in [-0.05, 0) is 85.7 Å². The number of nitrogens with zero attached hydrogens (tertiary/aromatic N) is 2. The topological polar surface area (TPSA) is 96.0 Å². The van der Waals surface area contributed by atoms with Crippen LogP contribution in [0.15, 0.2) is 117 Å². The van der Waals surface area contributed by atoms with Gasteiger partial charge in [0, 0.05) is 28.4 Å². The minimum Gasteiger partial charge on any atom is -0.492 e. The van der Waals surface area contributed by atoms with Crippen molar-refractivity contribution in [3.8, 4) is 5.75 Å². The minimum absolute atomic E-state index is 0.0246. The summed E-state index contributed by atoms with van der Waals surface area (Å²) in [6.07, 6.45) is 7.18. The first-order valence-corrected chi connectivity index (χ1v) is 20.4. The summed E-state index contributed by atoms with van der Waals surface area (Å²) >= 11 is 5.05. The predicted molar refractivity (Wildman–Crippen MR) is 204 cm³/mol. The van der Waals surface area contributed by atoms with E-state index in [-0.39, 0.29) is 35.5 Å². The van der Waals surface area contributed by atoms with Gasteiger partial charge in [-0.2, -0.15) is 0 Å². The highest BCUT2D eigenvalue weighted by atomic mass is 79.9. The summed E-state index contributed by atoms with van der Waals surface area (Å²) < 4.78 is 36.9. The van der Waals surface area contributed by atoms with Crippen molar-refractivity contribution < 1.29 is 22.7 Å². The fraction of sp³-hybridized carbons (Fsp3) is 0.333. The van der Waals surface area contributed by atoms with Gasteiger partial charge in [0.15, 0.2) is 0 Å². The monoisotopic (exact) mass is 777 g/mol. The molecular formula is C39H44BrN3O5S2. The summed E-state index contributed by atoms with van der Waals surface area (Å²) in [4.78, 5) is 31.7. The normalized spacial score (nSPS) is 14.1. The van der Waals surface area contributed by atoms with Gasteiger partial charge in [-0.15, -0.1) is 11.8 Å². The molecule has 0 heterocycles. The number of benzene rings is 4. The molecule has 0 saturated heterocycles. The van der Waals surface area contributed by atoms with Gasteiger partial charge in [-0.1, -0.05) is 89.8 Å². The first-order valence-electron chi connectivity index (χ1n) is 17.0. The molecule has 4 aromatic carbocycles. The average molecular weight is 779 g/mol. The van der Waals surface area contributed by atoms with Gasteiger partial charge in [0.1, 0.15) is 18.3 Å². The molecule has 8 nitrogen and oxygen atoms in total. The lowest BCUT2D eigenvalue weighted by atomic mass is 9.94. The molecule has 5 rings (SSSR count). The van der Waals surface area contributed by atoms with Gasteiger partial charge >= 0.3 is 0 Å². The minimum atomic E-state index is -4.27. The van der Waals surface area contributed by atoms with Crippen molar-refractivity contribution >= 4 is 55.2 Å². The third kappa shape index (κ3) is 9.70. The number of ether oxygens (including phenoxy) is 1. The Bertz CT molecular complexity index is 1830. The van der Waals surface area contributed by atoms with E-state index in [2.05, 4.69) is 21.2 Å². The first kappa shape index (κ1) is 37.5. The van der Waals surface area contributed by atoms with E-state index in [0.717, 1.165) is 56.9 Å². The molecule has 0 aromatic heterocycles. The van der Waals surface area contributed by atoms with E-state index < -0.39 is 28.5 Å². The van der Waals surface area contributed by atoms with Gasteiger partial charge in [0.2, 0.25) is 11.8 Å². The van der Waals surface area contributed by atoms with Crippen LogP contribution in [0.4, 0.5) is 5.69 Å². The second-order valence-electron chi connectivity index (χ2n) is 12.3. The summed E-state index contributed by atoms with van der Waals surface area (Å²) in [5, 5.41) is 3.25. The van der Waals surface area contributed by atoms with E-state index in [0.29, 0.717) is 12.4 Å². The number of sulfonamides is 1. The van der Waals surface area contributed by atoms with Crippen molar-refractivity contribution in [3.05, 3.63) is 119 Å². The molecular weight excluding hydrogens is 734 g/mol. The second kappa shape index (κ2) is 17.9. The highest BCUT2D eigenvalue weighted by molar-refractivity contribution is 9.10. The number of rotatable bonds is 15. The molecule has 0 spiro atoms. The Labute approximate surface area is 308 Å². The van der Waals surface area contributed by atoms with E-state index in [9.17, 15) is 18.0 Å². The Morgan fingerprint density at radius 2 is 1.58 bits per heavy atom. The molecule has 1 aliphatic rings. The Morgan fingerprint density at radius 3 is 2.26 bits per heavy atom. The van der Waals surface area contributed by atoms with Crippen LogP contribution >= 0.6 is 27.7 Å². The van der Waals surface area contributed by atoms with Crippen molar-refractivity contribution in [3.63, 3.8) is 0 Å². The van der Waals surface area contributed by atoms with E-state index >= 15 is 0 Å². The summed E-state index contributed by atoms with van der Waals surface area (Å²) in [6.45, 7) is 1.67. The van der Waals surface area contributed by atoms with E-state index in [4.69, 9.17) is 4.74 Å². The largest absolute Gasteiger partial charge is 0.492 e. The van der Waals surface area contributed by atoms with E-state index in [1.54, 1.807) is 48.5 Å². The van der Waals surface area contributed by atoms with Gasteiger partial charge < -0.3 is 15.0 Å². The van der Waals surface area contributed by atoms with Gasteiger partial charge in [-0.3, -0.25) is 13.9 Å². The van der Waals surface area contributed by atoms with Crippen LogP contribution in [0.5, 0.6) is 5.75 Å². The molecule has 4 aromatic rings. The van der Waals surface area contributed by atoms with E-state index in [1.807, 2.05) is 67.8 Å². The lowest BCUT2D eigenvalue weighted by molar-refractivity contribution is -0.140. The number of hydrogen-bond acceptors (Lipinski definition) is 6. The van der Waals surface area contributed by atoms with Crippen LogP contribution in [-0.4, -0.2) is 56.6 Å². The molecule has 0 aliphatic heterocycles. The Kier molecular flexibility index (Phi) is 13.4. The molecule has 1 aliphatic carbocycles. The highest BCUT2D eigenvalue weighted by Gasteiger charge is 2.36. The molecule has 264 valence electrons. The maximum Gasteiger partial charge on any atom is 0.264 e. The lowest BCUT2D eigenvalue weighted by Gasteiger charge is -2.35. The number of carbonyl (C=O) groups is 2. The molecule has 1 N–H and O–H groups in total. The molecule has 11 heteroatoms. The second-order valence-corrected chi connectivity index (χ2v) is 15.9. The smallest absolute Gasteiger partial charge is 0.264 e. The molecule has 1 atom stereocenters. The van der Waals surface area contributed by atoms with Crippen LogP contribution in [0.2, 0.25) is 0 Å². The third-order valence-corrected chi connectivity index (χ3v) is 11.8. The SMILES string of the molecule is CCOc1ccccc1N(CC(=O)N(Cc1cccc(Br)c1)[C@H](Cc1ccccc1)C(=O)NC1CCCCC1)S(=O)(=O)c1ccc(SC)cc1. The Morgan fingerprint density at radius 1 is 0.900 bits per heavy atom. The third-order valence-electron chi connectivity index (χ3n) is 8.82. The molecule has 0 radical (unpaired) electrons. The van der Waals surface area contributed by atoms with Crippen LogP contribution in [0, 0.1) is 0 Å².